The van der Waals surface area contributed by atoms with Crippen LogP contribution in [0.5, 0.6) is 0 Å². The number of likely N-dealkylation sites (N-methyl/N-ethyl adjacent to an activating group) is 1. The zero-order valence-corrected chi connectivity index (χ0v) is 15.0. The molecular weight excluding hydrogens is 318 g/mol. The number of morpholine rings is 1. The van der Waals surface area contributed by atoms with Gasteiger partial charge in [-0.05, 0) is 12.1 Å². The molecule has 6 nitrogen and oxygen atoms in total. The Morgan fingerprint density at radius 3 is 2.44 bits per heavy atom. The van der Waals surface area contributed by atoms with Crippen LogP contribution in [0.25, 0.3) is 0 Å². The van der Waals surface area contributed by atoms with E-state index in [2.05, 4.69) is 16.7 Å². The highest BCUT2D eigenvalue weighted by molar-refractivity contribution is 5.79. The molecule has 0 unspecified atom stereocenters. The van der Waals surface area contributed by atoms with E-state index in [1.54, 1.807) is 0 Å². The van der Waals surface area contributed by atoms with Crippen molar-refractivity contribution in [3.8, 4) is 0 Å². The second kappa shape index (κ2) is 8.76. The fourth-order valence-electron chi connectivity index (χ4n) is 3.76. The number of hydrogen-bond acceptors (Lipinski definition) is 5. The third-order valence-corrected chi connectivity index (χ3v) is 5.26. The summed E-state index contributed by atoms with van der Waals surface area (Å²) in [5.41, 5.74) is 1.02. The first kappa shape index (κ1) is 18.3. The Morgan fingerprint density at radius 1 is 1.12 bits per heavy atom. The number of nitrogens with zero attached hydrogens (tertiary/aromatic N) is 3. The summed E-state index contributed by atoms with van der Waals surface area (Å²) in [7, 11) is 0. The van der Waals surface area contributed by atoms with Crippen LogP contribution in [0.1, 0.15) is 18.5 Å². The summed E-state index contributed by atoms with van der Waals surface area (Å²) in [6.07, 6.45) is -0.364. The van der Waals surface area contributed by atoms with Crippen LogP contribution in [0.4, 0.5) is 0 Å². The SMILES string of the molecule is CCN1CCN(CC(=O)N2CCO[C@H](CO)[C@H]2c2ccccc2)CC1. The van der Waals surface area contributed by atoms with Crippen molar-refractivity contribution >= 4 is 5.91 Å². The van der Waals surface area contributed by atoms with Gasteiger partial charge in [0.1, 0.15) is 6.10 Å². The van der Waals surface area contributed by atoms with Gasteiger partial charge in [0.25, 0.3) is 0 Å². The van der Waals surface area contributed by atoms with E-state index in [-0.39, 0.29) is 24.7 Å². The lowest BCUT2D eigenvalue weighted by Gasteiger charge is -2.42. The fourth-order valence-corrected chi connectivity index (χ4v) is 3.76. The van der Waals surface area contributed by atoms with Crippen LogP contribution in [-0.4, -0.2) is 90.8 Å². The number of hydrogen-bond donors (Lipinski definition) is 1. The molecule has 2 fully saturated rings. The van der Waals surface area contributed by atoms with E-state index in [4.69, 9.17) is 4.74 Å². The van der Waals surface area contributed by atoms with E-state index in [0.717, 1.165) is 38.3 Å². The minimum atomic E-state index is -0.364. The van der Waals surface area contributed by atoms with Crippen LogP contribution in [0.2, 0.25) is 0 Å². The van der Waals surface area contributed by atoms with Crippen molar-refractivity contribution in [2.24, 2.45) is 0 Å². The van der Waals surface area contributed by atoms with Crippen molar-refractivity contribution in [2.45, 2.75) is 19.1 Å². The highest BCUT2D eigenvalue weighted by atomic mass is 16.5. The molecule has 1 N–H and O–H groups in total. The highest BCUT2D eigenvalue weighted by Gasteiger charge is 2.36. The van der Waals surface area contributed by atoms with Gasteiger partial charge in [0.2, 0.25) is 5.91 Å². The molecule has 138 valence electrons. The number of amides is 1. The van der Waals surface area contributed by atoms with E-state index in [1.807, 2.05) is 35.2 Å². The minimum Gasteiger partial charge on any atom is -0.394 e. The average Bonchev–Trinajstić information content (AvgIpc) is 2.68. The van der Waals surface area contributed by atoms with E-state index >= 15 is 0 Å². The van der Waals surface area contributed by atoms with Gasteiger partial charge >= 0.3 is 0 Å². The summed E-state index contributed by atoms with van der Waals surface area (Å²) >= 11 is 0. The number of ether oxygens (including phenoxy) is 1. The smallest absolute Gasteiger partial charge is 0.237 e. The van der Waals surface area contributed by atoms with Crippen molar-refractivity contribution in [3.05, 3.63) is 35.9 Å². The van der Waals surface area contributed by atoms with Crippen LogP contribution in [-0.2, 0) is 9.53 Å². The van der Waals surface area contributed by atoms with Gasteiger partial charge in [-0.25, -0.2) is 0 Å². The van der Waals surface area contributed by atoms with Crippen LogP contribution in [0.3, 0.4) is 0 Å². The molecule has 2 atom stereocenters. The average molecular weight is 347 g/mol. The first-order chi connectivity index (χ1) is 12.2. The van der Waals surface area contributed by atoms with Crippen LogP contribution < -0.4 is 0 Å². The Labute approximate surface area is 150 Å². The third-order valence-electron chi connectivity index (χ3n) is 5.26. The Hall–Kier alpha value is -1.47. The molecule has 0 aliphatic carbocycles. The molecule has 0 radical (unpaired) electrons. The minimum absolute atomic E-state index is 0.0848. The second-order valence-corrected chi connectivity index (χ2v) is 6.74. The number of rotatable bonds is 5. The van der Waals surface area contributed by atoms with Gasteiger partial charge in [-0.2, -0.15) is 0 Å². The molecule has 0 saturated carbocycles. The van der Waals surface area contributed by atoms with Crippen LogP contribution >= 0.6 is 0 Å². The summed E-state index contributed by atoms with van der Waals surface area (Å²) in [6, 6.07) is 9.67. The van der Waals surface area contributed by atoms with E-state index in [1.165, 1.54) is 0 Å². The Bertz CT molecular complexity index is 546. The Kier molecular flexibility index (Phi) is 6.42. The molecule has 25 heavy (non-hydrogen) atoms. The van der Waals surface area contributed by atoms with Gasteiger partial charge in [-0.15, -0.1) is 0 Å². The molecule has 0 bridgehead atoms. The molecule has 2 aliphatic heterocycles. The maximum atomic E-state index is 13.0. The van der Waals surface area contributed by atoms with Crippen molar-refractivity contribution in [2.75, 3.05) is 59.0 Å². The number of benzene rings is 1. The zero-order valence-electron chi connectivity index (χ0n) is 15.0. The number of aliphatic hydroxyl groups excluding tert-OH is 1. The van der Waals surface area contributed by atoms with Crippen molar-refractivity contribution in [1.82, 2.24) is 14.7 Å². The third kappa shape index (κ3) is 4.39. The summed E-state index contributed by atoms with van der Waals surface area (Å²) in [5.74, 6) is 0.126. The topological polar surface area (TPSA) is 56.2 Å². The molecule has 0 aromatic heterocycles. The summed E-state index contributed by atoms with van der Waals surface area (Å²) in [4.78, 5) is 19.5. The molecule has 1 amide bonds. The highest BCUT2D eigenvalue weighted by Crippen LogP contribution is 2.29. The molecule has 1 aromatic carbocycles. The van der Waals surface area contributed by atoms with E-state index in [9.17, 15) is 9.90 Å². The maximum Gasteiger partial charge on any atom is 0.237 e. The number of piperazine rings is 1. The van der Waals surface area contributed by atoms with E-state index in [0.29, 0.717) is 19.7 Å². The molecule has 1 aromatic rings. The number of carbonyl (C=O) groups is 1. The van der Waals surface area contributed by atoms with Crippen molar-refractivity contribution in [3.63, 3.8) is 0 Å². The van der Waals surface area contributed by atoms with Crippen LogP contribution in [0.15, 0.2) is 30.3 Å². The number of carbonyl (C=O) groups excluding carboxylic acids is 1. The fraction of sp³-hybridized carbons (Fsp3) is 0.632. The quantitative estimate of drug-likeness (QED) is 0.845. The molecule has 3 rings (SSSR count). The lowest BCUT2D eigenvalue weighted by Crippen LogP contribution is -2.54. The standard InChI is InChI=1S/C19H29N3O3/c1-2-20-8-10-21(11-9-20)14-18(24)22-12-13-25-17(15-23)19(22)16-6-4-3-5-7-16/h3-7,17,19,23H,2,8-15H2,1H3/t17-,19-/m1/s1. The molecule has 2 heterocycles. The predicted molar refractivity (Wildman–Crippen MR) is 96.3 cm³/mol. The summed E-state index contributed by atoms with van der Waals surface area (Å²) < 4.78 is 5.73. The Morgan fingerprint density at radius 2 is 1.80 bits per heavy atom. The van der Waals surface area contributed by atoms with E-state index < -0.39 is 0 Å². The van der Waals surface area contributed by atoms with Crippen LogP contribution in [0, 0.1) is 0 Å². The van der Waals surface area contributed by atoms with Gasteiger partial charge in [0.05, 0.1) is 25.8 Å². The summed E-state index contributed by atoms with van der Waals surface area (Å²) in [5, 5.41) is 9.72. The second-order valence-electron chi connectivity index (χ2n) is 6.74. The van der Waals surface area contributed by atoms with Gasteiger partial charge in [0.15, 0.2) is 0 Å². The summed E-state index contributed by atoms with van der Waals surface area (Å²) in [6.45, 7) is 8.56. The van der Waals surface area contributed by atoms with Gasteiger partial charge in [-0.1, -0.05) is 37.3 Å². The monoisotopic (exact) mass is 347 g/mol. The largest absolute Gasteiger partial charge is 0.394 e. The van der Waals surface area contributed by atoms with Gasteiger partial charge in [0, 0.05) is 32.7 Å². The molecule has 6 heteroatoms. The molecular formula is C19H29N3O3. The van der Waals surface area contributed by atoms with Crippen molar-refractivity contribution in [1.29, 1.82) is 0 Å². The maximum absolute atomic E-state index is 13.0. The first-order valence-electron chi connectivity index (χ1n) is 9.24. The Balaban J connectivity index is 1.68. The molecule has 2 aliphatic rings. The normalized spacial score (nSPS) is 25.9. The molecule has 2 saturated heterocycles. The van der Waals surface area contributed by atoms with Crippen molar-refractivity contribution < 1.29 is 14.6 Å². The zero-order chi connectivity index (χ0) is 17.6. The van der Waals surface area contributed by atoms with Gasteiger partial charge < -0.3 is 19.6 Å². The molecule has 0 spiro atoms. The lowest BCUT2D eigenvalue weighted by molar-refractivity contribution is -0.151. The lowest BCUT2D eigenvalue weighted by atomic mass is 9.98. The first-order valence-corrected chi connectivity index (χ1v) is 9.24. The van der Waals surface area contributed by atoms with Gasteiger partial charge in [-0.3, -0.25) is 9.69 Å². The predicted octanol–water partition coefficient (Wildman–Crippen LogP) is 0.585. The number of aliphatic hydroxyl groups is 1.